The summed E-state index contributed by atoms with van der Waals surface area (Å²) in [4.78, 5) is 0. The fourth-order valence-corrected chi connectivity index (χ4v) is 1.26. The molecule has 0 saturated heterocycles. The van der Waals surface area contributed by atoms with E-state index in [9.17, 15) is 0 Å². The molecule has 0 aliphatic rings. The molecule has 0 nitrogen and oxygen atoms in total. The van der Waals surface area contributed by atoms with Crippen LogP contribution in [-0.2, 0) is 6.42 Å². The molecule has 47 valence electrons. The van der Waals surface area contributed by atoms with Gasteiger partial charge in [-0.15, -0.1) is 0 Å². The van der Waals surface area contributed by atoms with Crippen molar-refractivity contribution in [1.82, 2.24) is 0 Å². The monoisotopic (exact) mass is 185 g/mol. The summed E-state index contributed by atoms with van der Waals surface area (Å²) in [6.07, 6.45) is 1.16. The maximum absolute atomic E-state index is 2.99. The molecule has 1 aromatic rings. The Morgan fingerprint density at radius 2 is 2.00 bits per heavy atom. The standard InChI is InChI=1S/C8H9Se/c9-7-6-8-4-2-1-3-5-8/h2-5,9H,6-7H2. The predicted molar refractivity (Wildman–Crippen MR) is 40.9 cm³/mol. The topological polar surface area (TPSA) is 0 Å². The third-order valence-corrected chi connectivity index (χ3v) is 1.66. The molecular weight excluding hydrogens is 175 g/mol. The van der Waals surface area contributed by atoms with E-state index in [2.05, 4.69) is 34.2 Å². The molecule has 0 bridgehead atoms. The van der Waals surface area contributed by atoms with Gasteiger partial charge in [0.15, 0.2) is 0 Å². The van der Waals surface area contributed by atoms with Gasteiger partial charge in [0.1, 0.15) is 0 Å². The average molecular weight is 184 g/mol. The van der Waals surface area contributed by atoms with Crippen LogP contribution in [0.4, 0.5) is 0 Å². The zero-order chi connectivity index (χ0) is 6.53. The van der Waals surface area contributed by atoms with E-state index in [1.54, 1.807) is 0 Å². The Labute approximate surface area is 64.1 Å². The number of rotatable bonds is 2. The third-order valence-electron chi connectivity index (χ3n) is 1.19. The minimum absolute atomic E-state index is 1.16. The normalized spacial score (nSPS) is 9.44. The van der Waals surface area contributed by atoms with Gasteiger partial charge in [-0.1, -0.05) is 0 Å². The van der Waals surface area contributed by atoms with Crippen LogP contribution in [0, 0.1) is 6.07 Å². The molecule has 1 heteroatoms. The molecule has 0 aromatic heterocycles. The zero-order valence-corrected chi connectivity index (χ0v) is 7.05. The first kappa shape index (κ1) is 6.85. The summed E-state index contributed by atoms with van der Waals surface area (Å²) in [5.41, 5.74) is 1.40. The average Bonchev–Trinajstić information content (AvgIpc) is 1.91. The second kappa shape index (κ2) is 3.71. The van der Waals surface area contributed by atoms with E-state index in [0.29, 0.717) is 0 Å². The summed E-state index contributed by atoms with van der Waals surface area (Å²) in [6, 6.07) is 11.1. The summed E-state index contributed by atoms with van der Waals surface area (Å²) in [5, 5.41) is 1.16. The van der Waals surface area contributed by atoms with Gasteiger partial charge in [-0.25, -0.2) is 0 Å². The summed E-state index contributed by atoms with van der Waals surface area (Å²) >= 11 is 2.59. The van der Waals surface area contributed by atoms with E-state index in [-0.39, 0.29) is 0 Å². The van der Waals surface area contributed by atoms with Crippen molar-refractivity contribution >= 4 is 16.0 Å². The van der Waals surface area contributed by atoms with E-state index in [4.69, 9.17) is 0 Å². The first-order chi connectivity index (χ1) is 4.43. The van der Waals surface area contributed by atoms with Gasteiger partial charge in [0.05, 0.1) is 0 Å². The van der Waals surface area contributed by atoms with Crippen LogP contribution >= 0.6 is 0 Å². The molecule has 1 aromatic carbocycles. The van der Waals surface area contributed by atoms with E-state index < -0.39 is 0 Å². The Balaban J connectivity index is 2.61. The van der Waals surface area contributed by atoms with Crippen LogP contribution in [0.3, 0.4) is 0 Å². The predicted octanol–water partition coefficient (Wildman–Crippen LogP) is 1.35. The van der Waals surface area contributed by atoms with Crippen molar-refractivity contribution in [2.45, 2.75) is 11.7 Å². The first-order valence-corrected chi connectivity index (χ1v) is 4.32. The van der Waals surface area contributed by atoms with Crippen molar-refractivity contribution < 1.29 is 0 Å². The molecule has 0 fully saturated rings. The van der Waals surface area contributed by atoms with Crippen molar-refractivity contribution in [3.63, 3.8) is 0 Å². The minimum atomic E-state index is 1.16. The van der Waals surface area contributed by atoms with Crippen LogP contribution in [0.1, 0.15) is 5.56 Å². The molecule has 0 heterocycles. The van der Waals surface area contributed by atoms with Crippen LogP contribution in [0.15, 0.2) is 24.3 Å². The summed E-state index contributed by atoms with van der Waals surface area (Å²) < 4.78 is 0. The van der Waals surface area contributed by atoms with Gasteiger partial charge in [-0.05, 0) is 0 Å². The van der Waals surface area contributed by atoms with Crippen molar-refractivity contribution in [3.8, 4) is 0 Å². The van der Waals surface area contributed by atoms with E-state index >= 15 is 0 Å². The van der Waals surface area contributed by atoms with Crippen LogP contribution < -0.4 is 0 Å². The number of aryl methyl sites for hydroxylation is 1. The fraction of sp³-hybridized carbons (Fsp3) is 0.250. The number of hydrogen-bond acceptors (Lipinski definition) is 0. The Hall–Kier alpha value is -0.261. The molecule has 0 unspecified atom stereocenters. The van der Waals surface area contributed by atoms with Crippen LogP contribution in [0.2, 0.25) is 5.32 Å². The number of hydrogen-bond donors (Lipinski definition) is 0. The van der Waals surface area contributed by atoms with Gasteiger partial charge < -0.3 is 0 Å². The molecule has 0 N–H and O–H groups in total. The molecule has 0 aliphatic heterocycles. The van der Waals surface area contributed by atoms with Gasteiger partial charge in [0, 0.05) is 0 Å². The van der Waals surface area contributed by atoms with Crippen LogP contribution in [0.5, 0.6) is 0 Å². The molecule has 0 saturated carbocycles. The molecule has 0 aliphatic carbocycles. The first-order valence-electron chi connectivity index (χ1n) is 2.99. The Bertz CT molecular complexity index is 157. The van der Waals surface area contributed by atoms with E-state index in [0.717, 1.165) is 11.7 Å². The van der Waals surface area contributed by atoms with Gasteiger partial charge in [0.25, 0.3) is 0 Å². The Morgan fingerprint density at radius 3 is 2.56 bits per heavy atom. The van der Waals surface area contributed by atoms with E-state index in [1.807, 2.05) is 12.1 Å². The summed E-state index contributed by atoms with van der Waals surface area (Å²) in [6.45, 7) is 0. The molecule has 0 atom stereocenters. The Kier molecular flexibility index (Phi) is 2.82. The number of benzene rings is 1. The molecular formula is C8H9Se. The van der Waals surface area contributed by atoms with Gasteiger partial charge >= 0.3 is 63.6 Å². The third kappa shape index (κ3) is 2.21. The van der Waals surface area contributed by atoms with Gasteiger partial charge in [-0.2, -0.15) is 0 Å². The Morgan fingerprint density at radius 1 is 1.33 bits per heavy atom. The summed E-state index contributed by atoms with van der Waals surface area (Å²) in [5.74, 6) is 0. The molecule has 0 spiro atoms. The van der Waals surface area contributed by atoms with Crippen molar-refractivity contribution in [2.24, 2.45) is 0 Å². The van der Waals surface area contributed by atoms with Crippen LogP contribution in [0.25, 0.3) is 0 Å². The van der Waals surface area contributed by atoms with E-state index in [1.165, 1.54) is 5.56 Å². The molecule has 0 amide bonds. The molecule has 9 heavy (non-hydrogen) atoms. The van der Waals surface area contributed by atoms with Crippen molar-refractivity contribution in [3.05, 3.63) is 35.9 Å². The second-order valence-corrected chi connectivity index (χ2v) is 2.82. The molecule has 1 radical (unpaired) electrons. The van der Waals surface area contributed by atoms with Gasteiger partial charge in [0.2, 0.25) is 0 Å². The summed E-state index contributed by atoms with van der Waals surface area (Å²) in [7, 11) is 0. The fourth-order valence-electron chi connectivity index (χ4n) is 0.717. The van der Waals surface area contributed by atoms with Gasteiger partial charge in [-0.3, -0.25) is 0 Å². The van der Waals surface area contributed by atoms with Crippen LogP contribution in [-0.4, -0.2) is 16.0 Å². The second-order valence-electron chi connectivity index (χ2n) is 1.88. The van der Waals surface area contributed by atoms with Crippen molar-refractivity contribution in [2.75, 3.05) is 0 Å². The SMILES string of the molecule is [SeH]CCc1cc[c]cc1. The quantitative estimate of drug-likeness (QED) is 0.608. The molecule has 1 rings (SSSR count). The zero-order valence-electron chi connectivity index (χ0n) is 5.17. The van der Waals surface area contributed by atoms with Crippen molar-refractivity contribution in [1.29, 1.82) is 0 Å². The maximum atomic E-state index is 2.99.